The van der Waals surface area contributed by atoms with Crippen molar-refractivity contribution < 1.29 is 4.39 Å². The van der Waals surface area contributed by atoms with Crippen molar-refractivity contribution in [3.8, 4) is 0 Å². The highest BCUT2D eigenvalue weighted by Gasteiger charge is 2.08. The second-order valence-electron chi connectivity index (χ2n) is 6.00. The van der Waals surface area contributed by atoms with Gasteiger partial charge in [0.15, 0.2) is 5.96 Å². The Labute approximate surface area is 162 Å². The van der Waals surface area contributed by atoms with Crippen LogP contribution in [0.2, 0.25) is 0 Å². The van der Waals surface area contributed by atoms with Crippen LogP contribution in [-0.4, -0.2) is 43.6 Å². The maximum Gasteiger partial charge on any atom is 0.191 e. The summed E-state index contributed by atoms with van der Waals surface area (Å²) >= 11 is 0. The molecule has 0 saturated carbocycles. The van der Waals surface area contributed by atoms with Crippen molar-refractivity contribution in [1.29, 1.82) is 0 Å². The molecule has 4 nitrogen and oxygen atoms in total. The Kier molecular flexibility index (Phi) is 11.0. The number of guanidine groups is 1. The number of halogens is 2. The van der Waals surface area contributed by atoms with Crippen molar-refractivity contribution in [2.75, 3.05) is 32.7 Å². The smallest absolute Gasteiger partial charge is 0.191 e. The van der Waals surface area contributed by atoms with E-state index in [-0.39, 0.29) is 29.8 Å². The molecule has 1 aliphatic rings. The lowest BCUT2D eigenvalue weighted by molar-refractivity contribution is 0.289. The number of benzene rings is 1. The fourth-order valence-electron chi connectivity index (χ4n) is 2.79. The highest BCUT2D eigenvalue weighted by atomic mass is 127. The molecule has 1 fully saturated rings. The standard InChI is InChI=1S/C18H29FN4.HI/c1-2-20-18(22-15-16-7-9-17(19)10-8-16)21-11-14-23-12-5-3-4-6-13-23;/h7-10H,2-6,11-15H2,1H3,(H2,20,21,22);1H. The van der Waals surface area contributed by atoms with Crippen LogP contribution in [0.15, 0.2) is 29.3 Å². The Bertz CT molecular complexity index is 470. The van der Waals surface area contributed by atoms with Crippen LogP contribution in [0.3, 0.4) is 0 Å². The summed E-state index contributed by atoms with van der Waals surface area (Å²) in [7, 11) is 0. The summed E-state index contributed by atoms with van der Waals surface area (Å²) in [5.74, 6) is 0.617. The number of nitrogens with one attached hydrogen (secondary N) is 2. The molecular formula is C18H30FIN4. The second-order valence-corrected chi connectivity index (χ2v) is 6.00. The first-order valence-corrected chi connectivity index (χ1v) is 8.77. The minimum Gasteiger partial charge on any atom is -0.357 e. The molecule has 1 aliphatic heterocycles. The zero-order valence-electron chi connectivity index (χ0n) is 14.6. The molecule has 0 radical (unpaired) electrons. The lowest BCUT2D eigenvalue weighted by Crippen LogP contribution is -2.41. The first-order chi connectivity index (χ1) is 11.3. The molecule has 0 amide bonds. The molecule has 0 aromatic heterocycles. The summed E-state index contributed by atoms with van der Waals surface area (Å²) in [4.78, 5) is 7.10. The minimum absolute atomic E-state index is 0. The molecule has 0 spiro atoms. The maximum atomic E-state index is 12.9. The molecule has 2 N–H and O–H groups in total. The van der Waals surface area contributed by atoms with Gasteiger partial charge in [-0.3, -0.25) is 0 Å². The number of hydrogen-bond donors (Lipinski definition) is 2. The van der Waals surface area contributed by atoms with E-state index in [1.54, 1.807) is 12.1 Å². The largest absolute Gasteiger partial charge is 0.357 e. The van der Waals surface area contributed by atoms with Crippen LogP contribution in [0.1, 0.15) is 38.2 Å². The molecule has 1 aromatic carbocycles. The van der Waals surface area contributed by atoms with E-state index >= 15 is 0 Å². The molecule has 1 aromatic rings. The van der Waals surface area contributed by atoms with Gasteiger partial charge in [0.1, 0.15) is 5.82 Å². The van der Waals surface area contributed by atoms with E-state index in [4.69, 9.17) is 0 Å². The van der Waals surface area contributed by atoms with Gasteiger partial charge in [-0.25, -0.2) is 9.38 Å². The summed E-state index contributed by atoms with van der Waals surface area (Å²) in [6.07, 6.45) is 5.37. The van der Waals surface area contributed by atoms with Crippen molar-refractivity contribution in [3.05, 3.63) is 35.6 Å². The third kappa shape index (κ3) is 8.28. The molecule has 0 atom stereocenters. The van der Waals surface area contributed by atoms with Crippen LogP contribution in [0, 0.1) is 5.82 Å². The van der Waals surface area contributed by atoms with Crippen LogP contribution in [0.25, 0.3) is 0 Å². The fraction of sp³-hybridized carbons (Fsp3) is 0.611. The van der Waals surface area contributed by atoms with Gasteiger partial charge in [-0.15, -0.1) is 24.0 Å². The van der Waals surface area contributed by atoms with E-state index in [2.05, 4.69) is 27.4 Å². The van der Waals surface area contributed by atoms with Gasteiger partial charge in [-0.05, 0) is 50.6 Å². The predicted molar refractivity (Wildman–Crippen MR) is 110 cm³/mol. The first-order valence-electron chi connectivity index (χ1n) is 8.77. The van der Waals surface area contributed by atoms with Crippen LogP contribution >= 0.6 is 24.0 Å². The maximum absolute atomic E-state index is 12.9. The van der Waals surface area contributed by atoms with Crippen molar-refractivity contribution in [1.82, 2.24) is 15.5 Å². The Morgan fingerprint density at radius 1 is 1.08 bits per heavy atom. The van der Waals surface area contributed by atoms with Crippen molar-refractivity contribution in [2.24, 2.45) is 4.99 Å². The monoisotopic (exact) mass is 448 g/mol. The molecule has 0 unspecified atom stereocenters. The summed E-state index contributed by atoms with van der Waals surface area (Å²) in [5, 5.41) is 6.65. The molecule has 24 heavy (non-hydrogen) atoms. The third-order valence-corrected chi connectivity index (χ3v) is 4.10. The van der Waals surface area contributed by atoms with Crippen molar-refractivity contribution in [3.63, 3.8) is 0 Å². The second kappa shape index (κ2) is 12.5. The van der Waals surface area contributed by atoms with E-state index < -0.39 is 0 Å². The molecule has 1 saturated heterocycles. The topological polar surface area (TPSA) is 39.7 Å². The number of rotatable bonds is 6. The van der Waals surface area contributed by atoms with Crippen LogP contribution in [0.4, 0.5) is 4.39 Å². The van der Waals surface area contributed by atoms with Gasteiger partial charge in [-0.1, -0.05) is 25.0 Å². The van der Waals surface area contributed by atoms with E-state index in [1.165, 1.54) is 50.9 Å². The fourth-order valence-corrected chi connectivity index (χ4v) is 2.79. The molecule has 0 aliphatic carbocycles. The van der Waals surface area contributed by atoms with Gasteiger partial charge in [0.25, 0.3) is 0 Å². The van der Waals surface area contributed by atoms with E-state index in [1.807, 2.05) is 0 Å². The lowest BCUT2D eigenvalue weighted by atomic mass is 10.2. The number of hydrogen-bond acceptors (Lipinski definition) is 2. The molecule has 2 rings (SSSR count). The van der Waals surface area contributed by atoms with E-state index in [0.29, 0.717) is 6.54 Å². The minimum atomic E-state index is -0.208. The number of likely N-dealkylation sites (tertiary alicyclic amines) is 1. The molecular weight excluding hydrogens is 418 g/mol. The predicted octanol–water partition coefficient (Wildman–Crippen LogP) is 3.37. The first kappa shape index (κ1) is 21.2. The average molecular weight is 448 g/mol. The van der Waals surface area contributed by atoms with Crippen LogP contribution in [0.5, 0.6) is 0 Å². The zero-order chi connectivity index (χ0) is 16.3. The quantitative estimate of drug-likeness (QED) is 0.398. The van der Waals surface area contributed by atoms with E-state index in [9.17, 15) is 4.39 Å². The SMILES string of the molecule is CCNC(=NCc1ccc(F)cc1)NCCN1CCCCCC1.I. The van der Waals surface area contributed by atoms with Gasteiger partial charge in [0.05, 0.1) is 6.54 Å². The van der Waals surface area contributed by atoms with Gasteiger partial charge in [-0.2, -0.15) is 0 Å². The van der Waals surface area contributed by atoms with Crippen molar-refractivity contribution >= 4 is 29.9 Å². The summed E-state index contributed by atoms with van der Waals surface area (Å²) in [5.41, 5.74) is 1.01. The molecule has 1 heterocycles. The summed E-state index contributed by atoms with van der Waals surface area (Å²) in [6.45, 7) is 7.83. The summed E-state index contributed by atoms with van der Waals surface area (Å²) in [6, 6.07) is 6.51. The Morgan fingerprint density at radius 2 is 1.75 bits per heavy atom. The Hall–Kier alpha value is -0.890. The highest BCUT2D eigenvalue weighted by molar-refractivity contribution is 14.0. The Morgan fingerprint density at radius 3 is 2.38 bits per heavy atom. The van der Waals surface area contributed by atoms with Gasteiger partial charge in [0, 0.05) is 19.6 Å². The molecule has 136 valence electrons. The molecule has 6 heteroatoms. The third-order valence-electron chi connectivity index (χ3n) is 4.10. The number of nitrogens with zero attached hydrogens (tertiary/aromatic N) is 2. The van der Waals surface area contributed by atoms with E-state index in [0.717, 1.165) is 31.2 Å². The summed E-state index contributed by atoms with van der Waals surface area (Å²) < 4.78 is 12.9. The van der Waals surface area contributed by atoms with Gasteiger partial charge < -0.3 is 15.5 Å². The van der Waals surface area contributed by atoms with Crippen LogP contribution in [-0.2, 0) is 6.54 Å². The highest BCUT2D eigenvalue weighted by Crippen LogP contribution is 2.08. The number of aliphatic imine (C=N–C) groups is 1. The Balaban J connectivity index is 0.00000288. The zero-order valence-corrected chi connectivity index (χ0v) is 16.9. The molecule has 0 bridgehead atoms. The lowest BCUT2D eigenvalue weighted by Gasteiger charge is -2.20. The van der Waals surface area contributed by atoms with Gasteiger partial charge in [0.2, 0.25) is 0 Å². The van der Waals surface area contributed by atoms with Crippen molar-refractivity contribution in [2.45, 2.75) is 39.2 Å². The van der Waals surface area contributed by atoms with Crippen LogP contribution < -0.4 is 10.6 Å². The normalized spacial score (nSPS) is 16.2. The van der Waals surface area contributed by atoms with Gasteiger partial charge >= 0.3 is 0 Å². The average Bonchev–Trinajstić information content (AvgIpc) is 2.83.